The van der Waals surface area contributed by atoms with E-state index in [0.717, 1.165) is 11.7 Å². The number of hydrogen-bond acceptors (Lipinski definition) is 2. The Bertz CT molecular complexity index is 722. The van der Waals surface area contributed by atoms with Crippen LogP contribution in [0.3, 0.4) is 0 Å². The van der Waals surface area contributed by atoms with Crippen LogP contribution in [-0.2, 0) is 0 Å². The number of nitrogens with zero attached hydrogens (tertiary/aromatic N) is 2. The highest BCUT2D eigenvalue weighted by molar-refractivity contribution is 6.18. The van der Waals surface area contributed by atoms with Crippen molar-refractivity contribution in [2.75, 3.05) is 0 Å². The van der Waals surface area contributed by atoms with Gasteiger partial charge in [-0.1, -0.05) is 168 Å². The fourth-order valence-electron chi connectivity index (χ4n) is 6.24. The summed E-state index contributed by atoms with van der Waals surface area (Å²) in [4.78, 5) is 8.75. The lowest BCUT2D eigenvalue weighted by Gasteiger charge is -2.17. The summed E-state index contributed by atoms with van der Waals surface area (Å²) < 4.78 is 0. The number of hydrogen-bond donors (Lipinski definition) is 0. The van der Waals surface area contributed by atoms with Crippen LogP contribution in [0.5, 0.6) is 0 Å². The summed E-state index contributed by atoms with van der Waals surface area (Å²) in [6.45, 7) is 4.61. The third-order valence-corrected chi connectivity index (χ3v) is 8.91. The molecule has 0 aliphatic carbocycles. The van der Waals surface area contributed by atoms with Gasteiger partial charge >= 0.3 is 0 Å². The van der Waals surface area contributed by atoms with E-state index in [4.69, 9.17) is 0 Å². The Morgan fingerprint density at radius 3 is 1.12 bits per heavy atom. The average molecular weight is 550 g/mol. The van der Waals surface area contributed by atoms with Crippen molar-refractivity contribution in [3.8, 4) is 0 Å². The Labute approximate surface area is 250 Å². The molecular weight excluding hydrogens is 484 g/mol. The largest absolute Gasteiger partial charge is 0.243 e. The second kappa shape index (κ2) is 25.2. The Morgan fingerprint density at radius 2 is 0.775 bits per heavy atom. The van der Waals surface area contributed by atoms with E-state index < -0.39 is 0 Å². The van der Waals surface area contributed by atoms with Crippen molar-refractivity contribution in [3.63, 3.8) is 0 Å². The zero-order valence-corrected chi connectivity index (χ0v) is 26.8. The molecule has 0 fully saturated rings. The molecule has 1 aliphatic heterocycles. The number of rotatable bonds is 28. The smallest absolute Gasteiger partial charge is 0.147 e. The summed E-state index contributed by atoms with van der Waals surface area (Å²) in [5, 5.41) is 0. The standard InChI is InChI=1S/C38H65N2/c1-3-5-7-9-11-13-15-16-18-20-22-24-26-28-35(27-25-23-21-19-17-14-12-10-8-6-4-2)36-29-31-37(32-30-36)38-39-33-34-40-38/h29-35H,3-28H2,1-2H3/q+1. The van der Waals surface area contributed by atoms with Gasteiger partial charge in [-0.15, -0.1) is 9.98 Å². The van der Waals surface area contributed by atoms with E-state index >= 15 is 0 Å². The lowest BCUT2D eigenvalue weighted by Crippen LogP contribution is -2.01. The van der Waals surface area contributed by atoms with Gasteiger partial charge in [0.15, 0.2) is 0 Å². The Morgan fingerprint density at radius 1 is 0.450 bits per heavy atom. The van der Waals surface area contributed by atoms with Crippen molar-refractivity contribution >= 4 is 12.4 Å². The molecule has 0 aromatic heterocycles. The van der Waals surface area contributed by atoms with E-state index in [0.29, 0.717) is 5.92 Å². The topological polar surface area (TPSA) is 24.7 Å². The molecule has 2 heteroatoms. The Balaban J connectivity index is 1.61. The molecule has 1 aromatic rings. The number of benzene rings is 1. The van der Waals surface area contributed by atoms with E-state index in [1.54, 1.807) is 12.4 Å². The molecule has 1 heterocycles. The van der Waals surface area contributed by atoms with E-state index in [2.05, 4.69) is 48.1 Å². The predicted octanol–water partition coefficient (Wildman–Crippen LogP) is 12.9. The maximum Gasteiger partial charge on any atom is 0.243 e. The first kappa shape index (κ1) is 34.6. The lowest BCUT2D eigenvalue weighted by atomic mass is 9.87. The van der Waals surface area contributed by atoms with Crippen LogP contribution in [0, 0.1) is 6.17 Å². The van der Waals surface area contributed by atoms with Crippen molar-refractivity contribution < 1.29 is 0 Å². The predicted molar refractivity (Wildman–Crippen MR) is 180 cm³/mol. The van der Waals surface area contributed by atoms with Gasteiger partial charge in [-0.3, -0.25) is 0 Å². The van der Waals surface area contributed by atoms with Crippen LogP contribution in [0.25, 0.3) is 0 Å². The van der Waals surface area contributed by atoms with Gasteiger partial charge in [-0.05, 0) is 36.5 Å². The summed E-state index contributed by atoms with van der Waals surface area (Å²) in [5.74, 6) is 0.709. The number of unbranched alkanes of at least 4 members (excludes halogenated alkanes) is 22. The van der Waals surface area contributed by atoms with E-state index in [1.165, 1.54) is 173 Å². The Hall–Kier alpha value is -1.57. The second-order valence-electron chi connectivity index (χ2n) is 12.6. The minimum atomic E-state index is 0.709. The quantitative estimate of drug-likeness (QED) is 0.0733. The molecule has 1 aliphatic rings. The lowest BCUT2D eigenvalue weighted by molar-refractivity contribution is 0.480. The summed E-state index contributed by atoms with van der Waals surface area (Å²) in [7, 11) is 0. The fraction of sp³-hybridized carbons (Fsp3) is 0.763. The molecule has 2 nitrogen and oxygen atoms in total. The van der Waals surface area contributed by atoms with Crippen LogP contribution in [0.1, 0.15) is 198 Å². The minimum Gasteiger partial charge on any atom is -0.147 e. The van der Waals surface area contributed by atoms with Crippen molar-refractivity contribution in [1.29, 1.82) is 0 Å². The molecule has 0 bridgehead atoms. The highest BCUT2D eigenvalue weighted by atomic mass is 15.0. The minimum absolute atomic E-state index is 0.709. The van der Waals surface area contributed by atoms with Crippen LogP contribution >= 0.6 is 0 Å². The molecule has 1 aromatic carbocycles. The zero-order valence-electron chi connectivity index (χ0n) is 26.8. The molecule has 0 radical (unpaired) electrons. The van der Waals surface area contributed by atoms with Gasteiger partial charge in [0.2, 0.25) is 6.17 Å². The van der Waals surface area contributed by atoms with Crippen LogP contribution < -0.4 is 0 Å². The molecule has 226 valence electrons. The van der Waals surface area contributed by atoms with Crippen LogP contribution in [0.2, 0.25) is 0 Å². The molecule has 0 saturated heterocycles. The second-order valence-corrected chi connectivity index (χ2v) is 12.6. The van der Waals surface area contributed by atoms with E-state index in [-0.39, 0.29) is 0 Å². The van der Waals surface area contributed by atoms with Crippen molar-refractivity contribution in [2.24, 2.45) is 9.98 Å². The molecule has 1 unspecified atom stereocenters. The van der Waals surface area contributed by atoms with Gasteiger partial charge in [-0.25, -0.2) is 0 Å². The monoisotopic (exact) mass is 550 g/mol. The van der Waals surface area contributed by atoms with E-state index in [9.17, 15) is 0 Å². The highest BCUT2D eigenvalue weighted by Gasteiger charge is 2.19. The van der Waals surface area contributed by atoms with Gasteiger partial charge in [0, 0.05) is 12.1 Å². The Kier molecular flexibility index (Phi) is 21.8. The summed E-state index contributed by atoms with van der Waals surface area (Å²) in [6.07, 6.45) is 41.4. The van der Waals surface area contributed by atoms with Crippen LogP contribution in [0.4, 0.5) is 0 Å². The molecule has 0 saturated carbocycles. The molecule has 0 amide bonds. The van der Waals surface area contributed by atoms with E-state index in [1.807, 2.05) is 0 Å². The molecule has 40 heavy (non-hydrogen) atoms. The molecular formula is C38H65N2+. The maximum absolute atomic E-state index is 4.38. The van der Waals surface area contributed by atoms with Crippen LogP contribution in [-0.4, -0.2) is 12.4 Å². The summed E-state index contributed by atoms with van der Waals surface area (Å²) in [6, 6.07) is 9.19. The molecule has 0 spiro atoms. The van der Waals surface area contributed by atoms with Gasteiger partial charge in [0.05, 0.1) is 0 Å². The highest BCUT2D eigenvalue weighted by Crippen LogP contribution is 2.30. The summed E-state index contributed by atoms with van der Waals surface area (Å²) >= 11 is 0. The zero-order chi connectivity index (χ0) is 28.4. The number of aliphatic imine (C=N–C) groups is 2. The third-order valence-electron chi connectivity index (χ3n) is 8.91. The third kappa shape index (κ3) is 17.3. The molecule has 2 rings (SSSR count). The van der Waals surface area contributed by atoms with Gasteiger partial charge in [0.25, 0.3) is 0 Å². The first-order valence-electron chi connectivity index (χ1n) is 17.9. The maximum atomic E-state index is 4.38. The normalized spacial score (nSPS) is 13.5. The first-order valence-corrected chi connectivity index (χ1v) is 17.9. The van der Waals surface area contributed by atoms with Crippen LogP contribution in [0.15, 0.2) is 34.3 Å². The fourth-order valence-corrected chi connectivity index (χ4v) is 6.24. The van der Waals surface area contributed by atoms with Gasteiger partial charge in [0.1, 0.15) is 18.0 Å². The first-order chi connectivity index (χ1) is 19.8. The van der Waals surface area contributed by atoms with Gasteiger partial charge < -0.3 is 0 Å². The van der Waals surface area contributed by atoms with Gasteiger partial charge in [-0.2, -0.15) is 0 Å². The molecule has 0 N–H and O–H groups in total. The SMILES string of the molecule is CCCCCCCCCCCCCCCC(CCCCCCCCCCCCC)c1ccc([C+]2N=CC=N2)cc1. The summed E-state index contributed by atoms with van der Waals surface area (Å²) in [5.41, 5.74) is 2.67. The van der Waals surface area contributed by atoms with Crippen molar-refractivity contribution in [1.82, 2.24) is 0 Å². The average Bonchev–Trinajstić information content (AvgIpc) is 3.52. The molecule has 1 atom stereocenters. The van der Waals surface area contributed by atoms with Crippen molar-refractivity contribution in [3.05, 3.63) is 41.6 Å². The van der Waals surface area contributed by atoms with Crippen molar-refractivity contribution in [2.45, 2.75) is 187 Å².